The van der Waals surface area contributed by atoms with Crippen molar-refractivity contribution in [3.05, 3.63) is 11.8 Å². The molecular formula is C21H34N6O3. The first kappa shape index (κ1) is 22.3. The summed E-state index contributed by atoms with van der Waals surface area (Å²) >= 11 is 0. The van der Waals surface area contributed by atoms with Crippen molar-refractivity contribution in [1.82, 2.24) is 25.3 Å². The van der Waals surface area contributed by atoms with Gasteiger partial charge in [-0.25, -0.2) is 4.68 Å². The zero-order valence-corrected chi connectivity index (χ0v) is 18.8. The van der Waals surface area contributed by atoms with Gasteiger partial charge in [-0.15, -0.1) is 0 Å². The first-order valence-electron chi connectivity index (χ1n) is 10.7. The zero-order valence-electron chi connectivity index (χ0n) is 18.8. The molecule has 30 heavy (non-hydrogen) atoms. The Labute approximate surface area is 177 Å². The minimum atomic E-state index is -0.688. The summed E-state index contributed by atoms with van der Waals surface area (Å²) in [6, 6.07) is 1.64. The van der Waals surface area contributed by atoms with E-state index < -0.39 is 18.1 Å². The molecule has 4 unspecified atom stereocenters. The monoisotopic (exact) mass is 418 g/mol. The lowest BCUT2D eigenvalue weighted by Gasteiger charge is -2.39. The van der Waals surface area contributed by atoms with Crippen LogP contribution in [0.2, 0.25) is 0 Å². The Hall–Kier alpha value is -2.42. The number of likely N-dealkylation sites (tertiary alicyclic amines) is 1. The number of carbonyl (C=O) groups is 3. The molecule has 3 N–H and O–H groups in total. The maximum absolute atomic E-state index is 12.7. The first-order chi connectivity index (χ1) is 13.9. The van der Waals surface area contributed by atoms with Gasteiger partial charge in [-0.1, -0.05) is 34.6 Å². The molecule has 1 aromatic heterocycles. The van der Waals surface area contributed by atoms with Crippen molar-refractivity contribution in [1.29, 1.82) is 0 Å². The van der Waals surface area contributed by atoms with E-state index in [-0.39, 0.29) is 17.4 Å². The van der Waals surface area contributed by atoms with Crippen LogP contribution in [0.3, 0.4) is 0 Å². The zero-order chi connectivity index (χ0) is 22.2. The summed E-state index contributed by atoms with van der Waals surface area (Å²) in [7, 11) is 0. The van der Waals surface area contributed by atoms with Crippen LogP contribution in [0.25, 0.3) is 0 Å². The Balaban J connectivity index is 1.76. The van der Waals surface area contributed by atoms with Crippen molar-refractivity contribution in [3.8, 4) is 0 Å². The molecule has 3 heterocycles. The number of amides is 3. The van der Waals surface area contributed by atoms with Gasteiger partial charge in [0.25, 0.3) is 0 Å². The summed E-state index contributed by atoms with van der Waals surface area (Å²) in [6.07, 6.45) is 0.815. The lowest BCUT2D eigenvalue weighted by molar-refractivity contribution is -0.145. The topological polar surface area (TPSA) is 108 Å². The van der Waals surface area contributed by atoms with E-state index in [1.807, 2.05) is 0 Å². The second-order valence-corrected chi connectivity index (χ2v) is 9.99. The summed E-state index contributed by atoms with van der Waals surface area (Å²) in [6.45, 7) is 13.4. The van der Waals surface area contributed by atoms with E-state index in [0.29, 0.717) is 42.9 Å². The van der Waals surface area contributed by atoms with Crippen molar-refractivity contribution in [3.63, 3.8) is 0 Å². The highest BCUT2D eigenvalue weighted by molar-refractivity contribution is 6.39. The molecule has 1 aromatic rings. The van der Waals surface area contributed by atoms with E-state index >= 15 is 0 Å². The van der Waals surface area contributed by atoms with Crippen molar-refractivity contribution in [2.45, 2.75) is 66.7 Å². The van der Waals surface area contributed by atoms with Gasteiger partial charge in [-0.2, -0.15) is 5.10 Å². The van der Waals surface area contributed by atoms with E-state index in [1.54, 1.807) is 17.9 Å². The van der Waals surface area contributed by atoms with Gasteiger partial charge >= 0.3 is 11.8 Å². The Morgan fingerprint density at radius 3 is 2.43 bits per heavy atom. The number of nitrogens with one attached hydrogen (secondary N) is 3. The number of rotatable bonds is 2. The van der Waals surface area contributed by atoms with Gasteiger partial charge in [-0.05, 0) is 30.6 Å². The highest BCUT2D eigenvalue weighted by Gasteiger charge is 2.36. The summed E-state index contributed by atoms with van der Waals surface area (Å²) in [5.41, 5.74) is 0.547. The fraction of sp³-hybridized carbons (Fsp3) is 0.714. The van der Waals surface area contributed by atoms with Crippen molar-refractivity contribution in [2.24, 2.45) is 17.3 Å². The average Bonchev–Trinajstić information content (AvgIpc) is 2.99. The third-order valence-electron chi connectivity index (χ3n) is 5.79. The van der Waals surface area contributed by atoms with E-state index in [2.05, 4.69) is 55.7 Å². The maximum atomic E-state index is 12.7. The first-order valence-corrected chi connectivity index (χ1v) is 10.7. The molecule has 2 saturated heterocycles. The van der Waals surface area contributed by atoms with Gasteiger partial charge in [0.05, 0.1) is 5.69 Å². The maximum Gasteiger partial charge on any atom is 0.315 e. The number of hydrogen-bond acceptors (Lipinski definition) is 5. The highest BCUT2D eigenvalue weighted by Crippen LogP contribution is 2.27. The molecule has 9 nitrogen and oxygen atoms in total. The summed E-state index contributed by atoms with van der Waals surface area (Å²) < 4.78 is 1.53. The molecule has 3 amide bonds. The average molecular weight is 419 g/mol. The van der Waals surface area contributed by atoms with Crippen molar-refractivity contribution < 1.29 is 14.4 Å². The van der Waals surface area contributed by atoms with Crippen LogP contribution in [0, 0.1) is 24.2 Å². The molecule has 2 fully saturated rings. The fourth-order valence-corrected chi connectivity index (χ4v) is 4.32. The largest absolute Gasteiger partial charge is 0.334 e. The number of hydrogen-bond donors (Lipinski definition) is 3. The van der Waals surface area contributed by atoms with Gasteiger partial charge in [0, 0.05) is 31.6 Å². The molecule has 0 radical (unpaired) electrons. The number of piperidine rings is 1. The number of carbonyl (C=O) groups excluding carboxylic acids is 3. The second-order valence-electron chi connectivity index (χ2n) is 9.99. The van der Waals surface area contributed by atoms with Crippen molar-refractivity contribution >= 4 is 23.5 Å². The molecule has 0 saturated carbocycles. The molecule has 2 aliphatic heterocycles. The smallest absolute Gasteiger partial charge is 0.315 e. The molecule has 9 heteroatoms. The third kappa shape index (κ3) is 5.00. The van der Waals surface area contributed by atoms with Crippen LogP contribution in [0.1, 0.15) is 59.4 Å². The van der Waals surface area contributed by atoms with Crippen LogP contribution in [-0.2, 0) is 14.4 Å². The second kappa shape index (κ2) is 8.37. The normalized spacial score (nSPS) is 27.5. The quantitative estimate of drug-likeness (QED) is 0.633. The van der Waals surface area contributed by atoms with E-state index in [1.165, 1.54) is 4.68 Å². The van der Waals surface area contributed by atoms with Gasteiger partial charge in [0.1, 0.15) is 5.82 Å². The SMILES string of the molecule is Cc1cc(NC(=O)C(=O)N2CC(C)CC(C)C2)n(C2NC(=O)CC(C(C)(C)C)N2)n1. The predicted octanol–water partition coefficient (Wildman–Crippen LogP) is 1.61. The van der Waals surface area contributed by atoms with E-state index in [4.69, 9.17) is 0 Å². The van der Waals surface area contributed by atoms with E-state index in [9.17, 15) is 14.4 Å². The third-order valence-corrected chi connectivity index (χ3v) is 5.79. The fourth-order valence-electron chi connectivity index (χ4n) is 4.32. The lowest BCUT2D eigenvalue weighted by Crippen LogP contribution is -2.57. The lowest BCUT2D eigenvalue weighted by atomic mass is 9.84. The minimum Gasteiger partial charge on any atom is -0.334 e. The number of aromatic nitrogens is 2. The minimum absolute atomic E-state index is 0.0535. The molecule has 4 atom stereocenters. The predicted molar refractivity (Wildman–Crippen MR) is 113 cm³/mol. The van der Waals surface area contributed by atoms with Gasteiger partial charge in [0.2, 0.25) is 5.91 Å². The van der Waals surface area contributed by atoms with Gasteiger partial charge in [0.15, 0.2) is 6.29 Å². The van der Waals surface area contributed by atoms with Gasteiger partial charge in [-0.3, -0.25) is 19.7 Å². The van der Waals surface area contributed by atoms with Gasteiger partial charge < -0.3 is 15.5 Å². The number of anilines is 1. The molecule has 3 rings (SSSR count). The van der Waals surface area contributed by atoms with Crippen LogP contribution in [-0.4, -0.2) is 51.5 Å². The number of nitrogens with zero attached hydrogens (tertiary/aromatic N) is 3. The van der Waals surface area contributed by atoms with Crippen LogP contribution in [0.4, 0.5) is 5.82 Å². The van der Waals surface area contributed by atoms with Crippen LogP contribution in [0.15, 0.2) is 6.07 Å². The summed E-state index contributed by atoms with van der Waals surface area (Å²) in [5.74, 6) is -0.199. The molecule has 0 aliphatic carbocycles. The molecular weight excluding hydrogens is 384 g/mol. The van der Waals surface area contributed by atoms with Crippen LogP contribution in [0.5, 0.6) is 0 Å². The van der Waals surface area contributed by atoms with E-state index in [0.717, 1.165) is 6.42 Å². The summed E-state index contributed by atoms with van der Waals surface area (Å²) in [4.78, 5) is 39.3. The van der Waals surface area contributed by atoms with Crippen molar-refractivity contribution in [2.75, 3.05) is 18.4 Å². The molecule has 0 aromatic carbocycles. The van der Waals surface area contributed by atoms with Crippen LogP contribution < -0.4 is 16.0 Å². The van der Waals surface area contributed by atoms with Crippen LogP contribution >= 0.6 is 0 Å². The summed E-state index contributed by atoms with van der Waals surface area (Å²) in [5, 5.41) is 13.4. The Morgan fingerprint density at radius 2 is 1.83 bits per heavy atom. The molecule has 0 bridgehead atoms. The standard InChI is InChI=1S/C21H34N6O3/c1-12-7-13(2)11-26(10-12)19(30)18(29)23-16-8-14(3)25-27(16)20-22-15(21(4,5)6)9-17(28)24-20/h8,12-13,15,20,22H,7,9-11H2,1-6H3,(H,23,29)(H,24,28). The molecule has 166 valence electrons. The molecule has 2 aliphatic rings. The number of aryl methyl sites for hydroxylation is 1. The molecule has 0 spiro atoms. The Morgan fingerprint density at radius 1 is 1.20 bits per heavy atom. The Bertz CT molecular complexity index is 817. The highest BCUT2D eigenvalue weighted by atomic mass is 16.2. The Kier molecular flexibility index (Phi) is 6.21.